The predicted molar refractivity (Wildman–Crippen MR) is 88.2 cm³/mol. The zero-order valence-corrected chi connectivity index (χ0v) is 14.0. The number of thiophene rings is 1. The van der Waals surface area contributed by atoms with Gasteiger partial charge >= 0.3 is 0 Å². The minimum absolute atomic E-state index is 0.352. The Hall–Kier alpha value is -2.54. The second-order valence-corrected chi connectivity index (χ2v) is 5.91. The highest BCUT2D eigenvalue weighted by atomic mass is 32.1. The topological polar surface area (TPSA) is 76.7 Å². The Morgan fingerprint density at radius 3 is 2.43 bits per heavy atom. The van der Waals surface area contributed by atoms with Gasteiger partial charge in [-0.2, -0.15) is 0 Å². The number of hydrogen-bond acceptors (Lipinski definition) is 5. The first kappa shape index (κ1) is 16.8. The molecule has 2 aromatic rings. The van der Waals surface area contributed by atoms with E-state index in [-0.39, 0.29) is 5.91 Å². The molecule has 0 aliphatic heterocycles. The lowest BCUT2D eigenvalue weighted by molar-refractivity contribution is 0.0848. The van der Waals surface area contributed by atoms with Gasteiger partial charge in [-0.3, -0.25) is 20.4 Å². The number of hydrazine groups is 1. The van der Waals surface area contributed by atoms with Gasteiger partial charge in [0.2, 0.25) is 0 Å². The first-order chi connectivity index (χ1) is 11.0. The van der Waals surface area contributed by atoms with Crippen LogP contribution in [0.3, 0.4) is 0 Å². The fourth-order valence-electron chi connectivity index (χ4n) is 1.89. The maximum absolute atomic E-state index is 12.1. The van der Waals surface area contributed by atoms with E-state index >= 15 is 0 Å². The predicted octanol–water partition coefficient (Wildman–Crippen LogP) is 2.54. The van der Waals surface area contributed by atoms with Gasteiger partial charge in [-0.05, 0) is 44.2 Å². The third-order valence-corrected chi connectivity index (χ3v) is 3.98. The highest BCUT2D eigenvalue weighted by molar-refractivity contribution is 7.13. The maximum Gasteiger partial charge on any atom is 0.279 e. The fraction of sp³-hybridized carbons (Fsp3) is 0.250. The van der Waals surface area contributed by atoms with E-state index in [1.165, 1.54) is 18.4 Å². The average Bonchev–Trinajstić information content (AvgIpc) is 2.99. The van der Waals surface area contributed by atoms with Crippen LogP contribution in [0.2, 0.25) is 0 Å². The van der Waals surface area contributed by atoms with Crippen molar-refractivity contribution in [3.05, 3.63) is 45.6 Å². The van der Waals surface area contributed by atoms with Gasteiger partial charge in [0.25, 0.3) is 11.8 Å². The molecule has 0 aliphatic rings. The lowest BCUT2D eigenvalue weighted by Gasteiger charge is -2.11. The van der Waals surface area contributed by atoms with Crippen molar-refractivity contribution in [2.24, 2.45) is 0 Å². The van der Waals surface area contributed by atoms with Crippen LogP contribution < -0.4 is 20.3 Å². The summed E-state index contributed by atoms with van der Waals surface area (Å²) in [5.41, 5.74) is 5.12. The van der Waals surface area contributed by atoms with Gasteiger partial charge in [0.15, 0.2) is 11.5 Å². The second kappa shape index (κ2) is 7.64. The van der Waals surface area contributed by atoms with Crippen molar-refractivity contribution >= 4 is 23.2 Å². The summed E-state index contributed by atoms with van der Waals surface area (Å²) in [4.78, 5) is 25.6. The normalized spacial score (nSPS) is 10.0. The third-order valence-electron chi connectivity index (χ3n) is 2.98. The molecule has 0 saturated carbocycles. The molecule has 1 aromatic carbocycles. The highest BCUT2D eigenvalue weighted by Crippen LogP contribution is 2.27. The lowest BCUT2D eigenvalue weighted by atomic mass is 10.2. The van der Waals surface area contributed by atoms with Crippen LogP contribution in [-0.4, -0.2) is 25.5 Å². The quantitative estimate of drug-likeness (QED) is 0.824. The molecule has 0 atom stereocenters. The summed E-state index contributed by atoms with van der Waals surface area (Å²) in [7, 11) is 1.50. The van der Waals surface area contributed by atoms with Crippen molar-refractivity contribution in [2.75, 3.05) is 13.7 Å². The average molecular weight is 334 g/mol. The van der Waals surface area contributed by atoms with E-state index in [1.54, 1.807) is 24.3 Å². The molecule has 7 heteroatoms. The van der Waals surface area contributed by atoms with Gasteiger partial charge in [-0.15, -0.1) is 11.3 Å². The summed E-state index contributed by atoms with van der Waals surface area (Å²) in [6.45, 7) is 4.27. The fourth-order valence-corrected chi connectivity index (χ4v) is 2.65. The molecule has 1 heterocycles. The van der Waals surface area contributed by atoms with E-state index in [4.69, 9.17) is 9.47 Å². The first-order valence-corrected chi connectivity index (χ1v) is 7.84. The van der Waals surface area contributed by atoms with Gasteiger partial charge < -0.3 is 9.47 Å². The van der Waals surface area contributed by atoms with Crippen LogP contribution in [0, 0.1) is 6.92 Å². The van der Waals surface area contributed by atoms with Crippen molar-refractivity contribution in [2.45, 2.75) is 13.8 Å². The summed E-state index contributed by atoms with van der Waals surface area (Å²) in [6, 6.07) is 8.37. The van der Waals surface area contributed by atoms with Gasteiger partial charge in [0.05, 0.1) is 18.6 Å². The van der Waals surface area contributed by atoms with Gasteiger partial charge in [-0.1, -0.05) is 0 Å². The van der Waals surface area contributed by atoms with Crippen molar-refractivity contribution in [3.8, 4) is 11.5 Å². The number of carbonyl (C=O) groups excluding carboxylic acids is 2. The molecular formula is C16H18N2O4S. The van der Waals surface area contributed by atoms with Crippen LogP contribution >= 0.6 is 11.3 Å². The van der Waals surface area contributed by atoms with Gasteiger partial charge in [-0.25, -0.2) is 0 Å². The molecule has 1 aromatic heterocycles. The Morgan fingerprint density at radius 1 is 1.09 bits per heavy atom. The number of hydrogen-bond donors (Lipinski definition) is 2. The van der Waals surface area contributed by atoms with Crippen molar-refractivity contribution in [1.29, 1.82) is 0 Å². The molecule has 23 heavy (non-hydrogen) atoms. The van der Waals surface area contributed by atoms with Crippen LogP contribution in [-0.2, 0) is 0 Å². The molecule has 0 bridgehead atoms. The number of benzene rings is 1. The molecule has 0 saturated heterocycles. The zero-order chi connectivity index (χ0) is 16.8. The van der Waals surface area contributed by atoms with Crippen molar-refractivity contribution in [3.63, 3.8) is 0 Å². The van der Waals surface area contributed by atoms with Crippen LogP contribution in [0.15, 0.2) is 30.3 Å². The lowest BCUT2D eigenvalue weighted by Crippen LogP contribution is -2.41. The van der Waals surface area contributed by atoms with Crippen LogP contribution in [0.5, 0.6) is 11.5 Å². The molecule has 2 amide bonds. The summed E-state index contributed by atoms with van der Waals surface area (Å²) >= 11 is 1.36. The summed E-state index contributed by atoms with van der Waals surface area (Å²) in [6.07, 6.45) is 0. The largest absolute Gasteiger partial charge is 0.493 e. The van der Waals surface area contributed by atoms with Crippen molar-refractivity contribution in [1.82, 2.24) is 10.9 Å². The van der Waals surface area contributed by atoms with Gasteiger partial charge in [0, 0.05) is 10.4 Å². The Morgan fingerprint density at radius 2 is 1.83 bits per heavy atom. The standard InChI is InChI=1S/C16H18N2O4S/c1-4-22-12-7-6-11(9-13(12)21-3)15(19)17-18-16(20)14-8-5-10(2)23-14/h5-9H,4H2,1-3H3,(H,17,19)(H,18,20). The Labute approximate surface area is 138 Å². The van der Waals surface area contributed by atoms with E-state index < -0.39 is 5.91 Å². The van der Waals surface area contributed by atoms with E-state index in [0.29, 0.717) is 28.5 Å². The number of ether oxygens (including phenoxy) is 2. The Balaban J connectivity index is 2.01. The first-order valence-electron chi connectivity index (χ1n) is 7.03. The molecular weight excluding hydrogens is 316 g/mol. The second-order valence-electron chi connectivity index (χ2n) is 4.62. The number of aryl methyl sites for hydroxylation is 1. The number of methoxy groups -OCH3 is 1. The molecule has 0 fully saturated rings. The molecule has 0 spiro atoms. The van der Waals surface area contributed by atoms with Crippen LogP contribution in [0.25, 0.3) is 0 Å². The molecule has 0 radical (unpaired) electrons. The smallest absolute Gasteiger partial charge is 0.279 e. The van der Waals surface area contributed by atoms with E-state index in [0.717, 1.165) is 4.88 Å². The monoisotopic (exact) mass is 334 g/mol. The van der Waals surface area contributed by atoms with Gasteiger partial charge in [0.1, 0.15) is 0 Å². The molecule has 2 rings (SSSR count). The number of amides is 2. The molecule has 122 valence electrons. The molecule has 2 N–H and O–H groups in total. The Bertz CT molecular complexity index is 712. The van der Waals surface area contributed by atoms with Crippen LogP contribution in [0.1, 0.15) is 31.8 Å². The Kier molecular flexibility index (Phi) is 5.59. The minimum atomic E-state index is -0.437. The number of carbonyl (C=O) groups is 2. The maximum atomic E-state index is 12.1. The molecule has 6 nitrogen and oxygen atoms in total. The highest BCUT2D eigenvalue weighted by Gasteiger charge is 2.13. The third kappa shape index (κ3) is 4.23. The summed E-state index contributed by atoms with van der Waals surface area (Å²) in [5.74, 6) is 0.228. The number of nitrogens with one attached hydrogen (secondary N) is 2. The summed E-state index contributed by atoms with van der Waals surface area (Å²) in [5, 5.41) is 0. The SMILES string of the molecule is CCOc1ccc(C(=O)NNC(=O)c2ccc(C)s2)cc1OC. The van der Waals surface area contributed by atoms with Crippen LogP contribution in [0.4, 0.5) is 0 Å². The molecule has 0 aliphatic carbocycles. The molecule has 0 unspecified atom stereocenters. The van der Waals surface area contributed by atoms with E-state index in [9.17, 15) is 9.59 Å². The minimum Gasteiger partial charge on any atom is -0.493 e. The zero-order valence-electron chi connectivity index (χ0n) is 13.1. The van der Waals surface area contributed by atoms with E-state index in [1.807, 2.05) is 19.9 Å². The van der Waals surface area contributed by atoms with E-state index in [2.05, 4.69) is 10.9 Å². The number of rotatable bonds is 5. The van der Waals surface area contributed by atoms with Crippen molar-refractivity contribution < 1.29 is 19.1 Å². The summed E-state index contributed by atoms with van der Waals surface area (Å²) < 4.78 is 10.6.